The molecule has 0 saturated carbocycles. The zero-order valence-electron chi connectivity index (χ0n) is 18.9. The second-order valence-electron chi connectivity index (χ2n) is 7.42. The number of aromatic nitrogens is 1. The van der Waals surface area contributed by atoms with Gasteiger partial charge in [0.05, 0.1) is 18.0 Å². The van der Waals surface area contributed by atoms with Crippen LogP contribution in [0.5, 0.6) is 0 Å². The maximum atomic E-state index is 12.9. The number of esters is 1. The van der Waals surface area contributed by atoms with Crippen LogP contribution >= 0.6 is 34.5 Å². The third kappa shape index (κ3) is 5.11. The van der Waals surface area contributed by atoms with Crippen molar-refractivity contribution in [2.45, 2.75) is 13.8 Å². The molecule has 4 rings (SSSR count). The fraction of sp³-hybridized carbons (Fsp3) is 0.125. The van der Waals surface area contributed by atoms with Crippen LogP contribution in [-0.4, -0.2) is 35.3 Å². The summed E-state index contributed by atoms with van der Waals surface area (Å²) in [6.45, 7) is 3.59. The number of thiazole rings is 1. The van der Waals surface area contributed by atoms with E-state index in [1.165, 1.54) is 24.3 Å². The third-order valence-electron chi connectivity index (χ3n) is 5.01. The summed E-state index contributed by atoms with van der Waals surface area (Å²) in [6, 6.07) is 12.4. The Morgan fingerprint density at radius 3 is 2.33 bits per heavy atom. The molecule has 1 aromatic heterocycles. The summed E-state index contributed by atoms with van der Waals surface area (Å²) in [4.78, 5) is 55.5. The molecule has 2 heterocycles. The molecular formula is C24H18Cl2N4O5S. The third-order valence-corrected chi connectivity index (χ3v) is 6.66. The van der Waals surface area contributed by atoms with Gasteiger partial charge in [-0.25, -0.2) is 14.7 Å². The van der Waals surface area contributed by atoms with Gasteiger partial charge in [0, 0.05) is 16.3 Å². The maximum Gasteiger partial charge on any atom is 0.350 e. The lowest BCUT2D eigenvalue weighted by molar-refractivity contribution is -0.120. The highest BCUT2D eigenvalue weighted by atomic mass is 35.5. The van der Waals surface area contributed by atoms with Gasteiger partial charge in [-0.1, -0.05) is 34.5 Å². The summed E-state index contributed by atoms with van der Waals surface area (Å²) in [6.07, 6.45) is 0. The van der Waals surface area contributed by atoms with Crippen LogP contribution in [0.15, 0.2) is 59.3 Å². The molecule has 0 atom stereocenters. The van der Waals surface area contributed by atoms with Crippen molar-refractivity contribution in [3.63, 3.8) is 0 Å². The number of carbonyl (C=O) groups excluding carboxylic acids is 4. The molecule has 0 fully saturated rings. The molecular weight excluding hydrogens is 527 g/mol. The average molecular weight is 545 g/mol. The van der Waals surface area contributed by atoms with Gasteiger partial charge in [-0.15, -0.1) is 0 Å². The summed E-state index contributed by atoms with van der Waals surface area (Å²) in [5, 5.41) is 5.97. The maximum absolute atomic E-state index is 12.9. The number of nitrogens with zero attached hydrogens (tertiary/aromatic N) is 2. The Morgan fingerprint density at radius 1 is 1.03 bits per heavy atom. The summed E-state index contributed by atoms with van der Waals surface area (Å²) >= 11 is 13.1. The standard InChI is InChI=1S/C24H18Cl2N4O5S/c1-3-35-23(34)19-12(2)27-24(36-19)29-20(31)13-4-8-15(9-5-13)28-18-17(26)21(32)30(22(18)33)16-10-6-14(25)7-11-16/h4-11,28H,3H2,1-2H3,(H,27,29,31). The molecule has 184 valence electrons. The van der Waals surface area contributed by atoms with Crippen LogP contribution in [0.3, 0.4) is 0 Å². The normalized spacial score (nSPS) is 13.3. The quantitative estimate of drug-likeness (QED) is 0.318. The van der Waals surface area contributed by atoms with Gasteiger partial charge >= 0.3 is 5.97 Å². The van der Waals surface area contributed by atoms with Crippen LogP contribution in [-0.2, 0) is 14.3 Å². The van der Waals surface area contributed by atoms with Crippen molar-refractivity contribution in [1.82, 2.24) is 4.98 Å². The molecule has 0 aliphatic carbocycles. The molecule has 1 aliphatic rings. The molecule has 1 aliphatic heterocycles. The topological polar surface area (TPSA) is 118 Å². The van der Waals surface area contributed by atoms with Crippen molar-refractivity contribution in [1.29, 1.82) is 0 Å². The smallest absolute Gasteiger partial charge is 0.350 e. The van der Waals surface area contributed by atoms with E-state index in [0.717, 1.165) is 16.2 Å². The van der Waals surface area contributed by atoms with Gasteiger partial charge in [-0.05, 0) is 62.4 Å². The number of amides is 3. The van der Waals surface area contributed by atoms with Crippen molar-refractivity contribution < 1.29 is 23.9 Å². The van der Waals surface area contributed by atoms with E-state index in [1.807, 2.05) is 0 Å². The lowest BCUT2D eigenvalue weighted by Crippen LogP contribution is -2.32. The Labute approximate surface area is 219 Å². The number of rotatable bonds is 7. The number of anilines is 3. The van der Waals surface area contributed by atoms with Gasteiger partial charge in [0.2, 0.25) is 0 Å². The number of imide groups is 1. The monoisotopic (exact) mass is 544 g/mol. The fourth-order valence-electron chi connectivity index (χ4n) is 3.29. The molecule has 0 radical (unpaired) electrons. The van der Waals surface area contributed by atoms with E-state index in [2.05, 4.69) is 15.6 Å². The molecule has 3 aromatic rings. The minimum absolute atomic E-state index is 0.0847. The Kier molecular flexibility index (Phi) is 7.39. The van der Waals surface area contributed by atoms with Gasteiger partial charge < -0.3 is 10.1 Å². The SMILES string of the molecule is CCOC(=O)c1sc(NC(=O)c2ccc(NC3=C(Cl)C(=O)N(c4ccc(Cl)cc4)C3=O)cc2)nc1C. The van der Waals surface area contributed by atoms with E-state index in [1.54, 1.807) is 38.1 Å². The summed E-state index contributed by atoms with van der Waals surface area (Å²) in [5.74, 6) is -2.22. The lowest BCUT2D eigenvalue weighted by Gasteiger charge is -2.15. The van der Waals surface area contributed by atoms with Gasteiger partial charge in [-0.3, -0.25) is 19.7 Å². The highest BCUT2D eigenvalue weighted by Gasteiger charge is 2.38. The van der Waals surface area contributed by atoms with E-state index >= 15 is 0 Å². The summed E-state index contributed by atoms with van der Waals surface area (Å²) in [5.41, 5.74) is 1.46. The molecule has 2 aromatic carbocycles. The summed E-state index contributed by atoms with van der Waals surface area (Å²) < 4.78 is 4.98. The highest BCUT2D eigenvalue weighted by molar-refractivity contribution is 7.17. The molecule has 9 nitrogen and oxygen atoms in total. The van der Waals surface area contributed by atoms with E-state index in [9.17, 15) is 19.2 Å². The number of ether oxygens (including phenoxy) is 1. The predicted molar refractivity (Wildman–Crippen MR) is 138 cm³/mol. The highest BCUT2D eigenvalue weighted by Crippen LogP contribution is 2.31. The number of hydrogen-bond acceptors (Lipinski definition) is 8. The van der Waals surface area contributed by atoms with Crippen LogP contribution in [0.4, 0.5) is 16.5 Å². The van der Waals surface area contributed by atoms with E-state index in [4.69, 9.17) is 27.9 Å². The van der Waals surface area contributed by atoms with Gasteiger partial charge in [-0.2, -0.15) is 0 Å². The average Bonchev–Trinajstić information content (AvgIpc) is 3.32. The molecule has 0 spiro atoms. The van der Waals surface area contributed by atoms with Crippen LogP contribution < -0.4 is 15.5 Å². The van der Waals surface area contributed by atoms with Crippen LogP contribution in [0.1, 0.15) is 32.6 Å². The Morgan fingerprint density at radius 2 is 1.69 bits per heavy atom. The molecule has 0 unspecified atom stereocenters. The van der Waals surface area contributed by atoms with Crippen LogP contribution in [0.25, 0.3) is 0 Å². The number of halogens is 2. The zero-order chi connectivity index (χ0) is 26.0. The zero-order valence-corrected chi connectivity index (χ0v) is 21.3. The number of hydrogen-bond donors (Lipinski definition) is 2. The van der Waals surface area contributed by atoms with Crippen molar-refractivity contribution >= 4 is 74.7 Å². The van der Waals surface area contributed by atoms with Gasteiger partial charge in [0.1, 0.15) is 15.6 Å². The Bertz CT molecular complexity index is 1400. The minimum Gasteiger partial charge on any atom is -0.462 e. The Balaban J connectivity index is 1.44. The molecule has 36 heavy (non-hydrogen) atoms. The fourth-order valence-corrected chi connectivity index (χ4v) is 4.48. The van der Waals surface area contributed by atoms with E-state index in [0.29, 0.717) is 32.5 Å². The molecule has 0 bridgehead atoms. The van der Waals surface area contributed by atoms with E-state index in [-0.39, 0.29) is 22.5 Å². The van der Waals surface area contributed by atoms with Crippen LogP contribution in [0.2, 0.25) is 5.02 Å². The number of nitrogens with one attached hydrogen (secondary N) is 2. The molecule has 12 heteroatoms. The van der Waals surface area contributed by atoms with E-state index < -0.39 is 23.7 Å². The lowest BCUT2D eigenvalue weighted by atomic mass is 10.2. The first-order valence-corrected chi connectivity index (χ1v) is 12.1. The molecule has 2 N–H and O–H groups in total. The van der Waals surface area contributed by atoms with Crippen molar-refractivity contribution in [2.24, 2.45) is 0 Å². The first-order chi connectivity index (χ1) is 17.2. The second kappa shape index (κ2) is 10.5. The van der Waals surface area contributed by atoms with Crippen molar-refractivity contribution in [3.05, 3.63) is 80.4 Å². The number of carbonyl (C=O) groups is 4. The summed E-state index contributed by atoms with van der Waals surface area (Å²) in [7, 11) is 0. The largest absolute Gasteiger partial charge is 0.462 e. The first-order valence-electron chi connectivity index (χ1n) is 10.6. The molecule has 3 amide bonds. The molecule has 0 saturated heterocycles. The van der Waals surface area contributed by atoms with Crippen molar-refractivity contribution in [3.8, 4) is 0 Å². The van der Waals surface area contributed by atoms with Gasteiger partial charge in [0.25, 0.3) is 17.7 Å². The minimum atomic E-state index is -0.664. The Hall–Kier alpha value is -3.73. The van der Waals surface area contributed by atoms with Crippen LogP contribution in [0, 0.1) is 6.92 Å². The van der Waals surface area contributed by atoms with Gasteiger partial charge in [0.15, 0.2) is 5.13 Å². The number of benzene rings is 2. The van der Waals surface area contributed by atoms with Crippen molar-refractivity contribution in [2.75, 3.05) is 22.1 Å². The number of aryl methyl sites for hydroxylation is 1. The second-order valence-corrected chi connectivity index (χ2v) is 9.24. The predicted octanol–water partition coefficient (Wildman–Crippen LogP) is 4.97. The first kappa shape index (κ1) is 25.4.